The summed E-state index contributed by atoms with van der Waals surface area (Å²) >= 11 is 0. The Bertz CT molecular complexity index is 1270. The number of nitrogens with one attached hydrogen (secondary N) is 1. The molecule has 1 aliphatic heterocycles. The highest BCUT2D eigenvalue weighted by molar-refractivity contribution is 7.89. The fourth-order valence-corrected chi connectivity index (χ4v) is 4.61. The number of aromatic nitrogens is 1. The van der Waals surface area contributed by atoms with E-state index < -0.39 is 51.3 Å². The number of pyridine rings is 1. The number of halogens is 2. The number of ether oxygens (including phenoxy) is 2. The van der Waals surface area contributed by atoms with Crippen LogP contribution in [0.5, 0.6) is 5.75 Å². The summed E-state index contributed by atoms with van der Waals surface area (Å²) in [6.07, 6.45) is -3.11. The van der Waals surface area contributed by atoms with E-state index in [2.05, 4.69) is 4.98 Å². The molecule has 35 heavy (non-hydrogen) atoms. The number of carbonyl (C=O) groups excluding carboxylic acids is 2. The molecular formula is C22H22F2N4O6S. The number of alkyl halides is 2. The number of hydrogen-bond donors (Lipinski definition) is 1. The monoisotopic (exact) mass is 508 g/mol. The summed E-state index contributed by atoms with van der Waals surface area (Å²) in [6, 6.07) is 9.17. The maximum Gasteiger partial charge on any atom is 0.340 e. The Kier molecular flexibility index (Phi) is 7.85. The zero-order chi connectivity index (χ0) is 25.8. The van der Waals surface area contributed by atoms with Gasteiger partial charge in [0, 0.05) is 13.1 Å². The molecule has 1 fully saturated rings. The van der Waals surface area contributed by atoms with E-state index in [1.54, 1.807) is 24.3 Å². The van der Waals surface area contributed by atoms with Crippen molar-refractivity contribution in [2.24, 2.45) is 5.92 Å². The molecular weight excluding hydrogens is 486 g/mol. The van der Waals surface area contributed by atoms with Gasteiger partial charge >= 0.3 is 5.97 Å². The molecule has 0 spiro atoms. The van der Waals surface area contributed by atoms with Crippen molar-refractivity contribution in [3.8, 4) is 11.8 Å². The number of hydrogen-bond acceptors (Lipinski definition) is 9. The fourth-order valence-electron chi connectivity index (χ4n) is 3.45. The van der Waals surface area contributed by atoms with Gasteiger partial charge in [-0.3, -0.25) is 9.52 Å². The van der Waals surface area contributed by atoms with Gasteiger partial charge in [0.25, 0.3) is 6.43 Å². The first-order valence-electron chi connectivity index (χ1n) is 10.4. The van der Waals surface area contributed by atoms with E-state index in [9.17, 15) is 32.0 Å². The summed E-state index contributed by atoms with van der Waals surface area (Å²) in [5, 5.41) is 9.43. The first-order valence-corrected chi connectivity index (χ1v) is 12.1. The molecule has 0 bridgehead atoms. The van der Waals surface area contributed by atoms with Crippen molar-refractivity contribution in [3.05, 3.63) is 52.7 Å². The molecule has 2 heterocycles. The largest absolute Gasteiger partial charge is 0.497 e. The van der Waals surface area contributed by atoms with Crippen molar-refractivity contribution in [3.63, 3.8) is 0 Å². The number of nitrogens with zero attached hydrogens (tertiary/aromatic N) is 3. The van der Waals surface area contributed by atoms with E-state index >= 15 is 0 Å². The van der Waals surface area contributed by atoms with E-state index in [1.807, 2.05) is 4.72 Å². The smallest absolute Gasteiger partial charge is 0.340 e. The molecule has 13 heteroatoms. The van der Waals surface area contributed by atoms with Gasteiger partial charge in [-0.05, 0) is 30.7 Å². The molecule has 10 nitrogen and oxygen atoms in total. The Labute approximate surface area is 200 Å². The third kappa shape index (κ3) is 6.02. The second-order valence-corrected chi connectivity index (χ2v) is 9.33. The standard InChI is InChI=1S/C22H22F2N4O6S/c1-3-34-22(30)17-8-14(9-25)20(26-18(17)19(23)24)28-10-15(11-28)21(29)27-35(31,32)12-13-5-4-6-16(7-13)33-2/h4-8,15,19H,3,10-12H2,1-2H3,(H,27,29). The summed E-state index contributed by atoms with van der Waals surface area (Å²) in [6.45, 7) is 1.36. The molecule has 3 rings (SSSR count). The van der Waals surface area contributed by atoms with E-state index in [0.29, 0.717) is 11.3 Å². The number of methoxy groups -OCH3 is 1. The van der Waals surface area contributed by atoms with Gasteiger partial charge in [-0.2, -0.15) is 5.26 Å². The van der Waals surface area contributed by atoms with Gasteiger partial charge in [-0.1, -0.05) is 12.1 Å². The van der Waals surface area contributed by atoms with Gasteiger partial charge in [-0.25, -0.2) is 27.0 Å². The lowest BCUT2D eigenvalue weighted by atomic mass is 9.98. The van der Waals surface area contributed by atoms with Gasteiger partial charge < -0.3 is 14.4 Å². The quantitative estimate of drug-likeness (QED) is 0.505. The number of carbonyl (C=O) groups is 2. The van der Waals surface area contributed by atoms with Crippen LogP contribution in [0.4, 0.5) is 14.6 Å². The van der Waals surface area contributed by atoms with Crippen LogP contribution in [-0.2, 0) is 25.3 Å². The van der Waals surface area contributed by atoms with Crippen LogP contribution in [0.2, 0.25) is 0 Å². The number of esters is 1. The minimum absolute atomic E-state index is 0.0468. The van der Waals surface area contributed by atoms with Gasteiger partial charge in [-0.15, -0.1) is 0 Å². The molecule has 2 aromatic rings. The molecule has 1 aromatic carbocycles. The lowest BCUT2D eigenvalue weighted by Crippen LogP contribution is -2.55. The predicted molar refractivity (Wildman–Crippen MR) is 119 cm³/mol. The van der Waals surface area contributed by atoms with Crippen LogP contribution in [0.15, 0.2) is 30.3 Å². The van der Waals surface area contributed by atoms with Crippen LogP contribution in [0.1, 0.15) is 40.5 Å². The summed E-state index contributed by atoms with van der Waals surface area (Å²) < 4.78 is 63.7. The fraction of sp³-hybridized carbons (Fsp3) is 0.364. The Morgan fingerprint density at radius 1 is 1.31 bits per heavy atom. The third-order valence-electron chi connectivity index (χ3n) is 5.15. The highest BCUT2D eigenvalue weighted by atomic mass is 32.2. The SMILES string of the molecule is CCOC(=O)c1cc(C#N)c(N2CC(C(=O)NS(=O)(=O)Cc3cccc(OC)c3)C2)nc1C(F)F. The van der Waals surface area contributed by atoms with Crippen molar-refractivity contribution < 1.29 is 36.3 Å². The Balaban J connectivity index is 1.70. The lowest BCUT2D eigenvalue weighted by molar-refractivity contribution is -0.123. The predicted octanol–water partition coefficient (Wildman–Crippen LogP) is 2.16. The molecule has 1 aromatic heterocycles. The van der Waals surface area contributed by atoms with Gasteiger partial charge in [0.15, 0.2) is 0 Å². The van der Waals surface area contributed by atoms with Gasteiger partial charge in [0.2, 0.25) is 15.9 Å². The van der Waals surface area contributed by atoms with Crippen LogP contribution < -0.4 is 14.4 Å². The lowest BCUT2D eigenvalue weighted by Gasteiger charge is -2.39. The maximum absolute atomic E-state index is 13.5. The second-order valence-electron chi connectivity index (χ2n) is 7.60. The topological polar surface area (TPSA) is 139 Å². The van der Waals surface area contributed by atoms with Crippen LogP contribution in [0.3, 0.4) is 0 Å². The summed E-state index contributed by atoms with van der Waals surface area (Å²) in [7, 11) is -2.56. The van der Waals surface area contributed by atoms with E-state index in [1.165, 1.54) is 25.0 Å². The normalized spacial score (nSPS) is 13.7. The minimum Gasteiger partial charge on any atom is -0.497 e. The number of benzene rings is 1. The molecule has 0 radical (unpaired) electrons. The van der Waals surface area contributed by atoms with Crippen LogP contribution >= 0.6 is 0 Å². The Morgan fingerprint density at radius 3 is 2.63 bits per heavy atom. The van der Waals surface area contributed by atoms with Gasteiger partial charge in [0.05, 0.1) is 36.5 Å². The summed E-state index contributed by atoms with van der Waals surface area (Å²) in [5.41, 5.74) is -1.09. The average Bonchev–Trinajstić information content (AvgIpc) is 2.77. The van der Waals surface area contributed by atoms with Crippen molar-refractivity contribution in [1.82, 2.24) is 9.71 Å². The molecule has 1 amide bonds. The van der Waals surface area contributed by atoms with Crippen molar-refractivity contribution in [2.75, 3.05) is 31.7 Å². The Hall–Kier alpha value is -3.79. The van der Waals surface area contributed by atoms with Crippen molar-refractivity contribution in [1.29, 1.82) is 5.26 Å². The first-order chi connectivity index (χ1) is 16.6. The third-order valence-corrected chi connectivity index (χ3v) is 6.38. The van der Waals surface area contributed by atoms with Crippen LogP contribution in [0, 0.1) is 17.2 Å². The maximum atomic E-state index is 13.5. The van der Waals surface area contributed by atoms with E-state index in [4.69, 9.17) is 9.47 Å². The number of anilines is 1. The molecule has 186 valence electrons. The van der Waals surface area contributed by atoms with Crippen LogP contribution in [0.25, 0.3) is 0 Å². The van der Waals surface area contributed by atoms with E-state index in [0.717, 1.165) is 6.07 Å². The molecule has 1 N–H and O–H groups in total. The zero-order valence-electron chi connectivity index (χ0n) is 18.8. The molecule has 0 unspecified atom stereocenters. The molecule has 0 aliphatic carbocycles. The summed E-state index contributed by atoms with van der Waals surface area (Å²) in [5.74, 6) is -2.67. The van der Waals surface area contributed by atoms with Gasteiger partial charge in [0.1, 0.15) is 23.3 Å². The minimum atomic E-state index is -4.01. The van der Waals surface area contributed by atoms with Crippen LogP contribution in [-0.4, -0.2) is 52.1 Å². The van der Waals surface area contributed by atoms with Crippen molar-refractivity contribution >= 4 is 27.7 Å². The zero-order valence-corrected chi connectivity index (χ0v) is 19.6. The number of sulfonamides is 1. The second kappa shape index (κ2) is 10.6. The molecule has 1 saturated heterocycles. The average molecular weight is 509 g/mol. The highest BCUT2D eigenvalue weighted by Gasteiger charge is 2.37. The molecule has 1 aliphatic rings. The Morgan fingerprint density at radius 2 is 2.03 bits per heavy atom. The molecule has 0 saturated carbocycles. The number of rotatable bonds is 9. The highest BCUT2D eigenvalue weighted by Crippen LogP contribution is 2.31. The first kappa shape index (κ1) is 25.8. The summed E-state index contributed by atoms with van der Waals surface area (Å²) in [4.78, 5) is 29.7. The van der Waals surface area contributed by atoms with Crippen molar-refractivity contribution in [2.45, 2.75) is 19.1 Å². The number of amides is 1. The number of nitriles is 1. The molecule has 0 atom stereocenters. The van der Waals surface area contributed by atoms with E-state index in [-0.39, 0.29) is 31.1 Å².